The fourth-order valence-electron chi connectivity index (χ4n) is 3.65. The quantitative estimate of drug-likeness (QED) is 0.522. The molecule has 1 aromatic heterocycles. The summed E-state index contributed by atoms with van der Waals surface area (Å²) in [6.07, 6.45) is 0.713. The standard InChI is InChI=1S/C20H26N4O5/c1-5-28-17-9-15-7-8-22(11-16(15)10-18(17)29-6-2)19(25)12-23-14(4)20(24(26)27)13(3)21-23/h9-10H,5-8,11-12H2,1-4H3. The van der Waals surface area contributed by atoms with E-state index in [1.807, 2.05) is 26.0 Å². The third-order valence-electron chi connectivity index (χ3n) is 5.04. The minimum Gasteiger partial charge on any atom is -0.490 e. The summed E-state index contributed by atoms with van der Waals surface area (Å²) in [5.41, 5.74) is 2.83. The van der Waals surface area contributed by atoms with E-state index in [2.05, 4.69) is 5.10 Å². The van der Waals surface area contributed by atoms with Crippen LogP contribution in [0.1, 0.15) is 36.4 Å². The van der Waals surface area contributed by atoms with E-state index < -0.39 is 4.92 Å². The van der Waals surface area contributed by atoms with E-state index in [1.165, 1.54) is 4.68 Å². The van der Waals surface area contributed by atoms with Crippen LogP contribution in [0.15, 0.2) is 12.1 Å². The van der Waals surface area contributed by atoms with Crippen LogP contribution in [0.2, 0.25) is 0 Å². The number of amides is 1. The Kier molecular flexibility index (Phi) is 6.05. The summed E-state index contributed by atoms with van der Waals surface area (Å²) >= 11 is 0. The highest BCUT2D eigenvalue weighted by molar-refractivity contribution is 5.76. The van der Waals surface area contributed by atoms with Crippen molar-refractivity contribution in [3.63, 3.8) is 0 Å². The van der Waals surface area contributed by atoms with Gasteiger partial charge in [0.25, 0.3) is 0 Å². The molecule has 0 saturated carbocycles. The van der Waals surface area contributed by atoms with Crippen molar-refractivity contribution in [3.05, 3.63) is 44.8 Å². The molecule has 0 saturated heterocycles. The molecule has 0 spiro atoms. The van der Waals surface area contributed by atoms with Gasteiger partial charge in [0.05, 0.1) is 18.1 Å². The molecule has 1 amide bonds. The molecule has 0 fully saturated rings. The van der Waals surface area contributed by atoms with Gasteiger partial charge in [-0.25, -0.2) is 0 Å². The minimum absolute atomic E-state index is 0.0226. The molecule has 29 heavy (non-hydrogen) atoms. The van der Waals surface area contributed by atoms with E-state index >= 15 is 0 Å². The van der Waals surface area contributed by atoms with E-state index in [9.17, 15) is 14.9 Å². The molecule has 9 heteroatoms. The van der Waals surface area contributed by atoms with Gasteiger partial charge in [0, 0.05) is 13.1 Å². The van der Waals surface area contributed by atoms with Crippen molar-refractivity contribution in [1.82, 2.24) is 14.7 Å². The maximum absolute atomic E-state index is 12.8. The Hall–Kier alpha value is -3.10. The zero-order valence-electron chi connectivity index (χ0n) is 17.2. The SMILES string of the molecule is CCOc1cc2c(cc1OCC)CN(C(=O)Cn1nc(C)c([N+](=O)[O-])c1C)CC2. The van der Waals surface area contributed by atoms with Gasteiger partial charge < -0.3 is 14.4 Å². The third-order valence-corrected chi connectivity index (χ3v) is 5.04. The Morgan fingerprint density at radius 3 is 2.34 bits per heavy atom. The highest BCUT2D eigenvalue weighted by atomic mass is 16.6. The van der Waals surface area contributed by atoms with Crippen LogP contribution in [0, 0.1) is 24.0 Å². The normalized spacial score (nSPS) is 13.2. The lowest BCUT2D eigenvalue weighted by Gasteiger charge is -2.30. The first-order valence-corrected chi connectivity index (χ1v) is 9.73. The second-order valence-corrected chi connectivity index (χ2v) is 6.93. The number of rotatable bonds is 7. The number of carbonyl (C=O) groups is 1. The molecule has 0 atom stereocenters. The highest BCUT2D eigenvalue weighted by Crippen LogP contribution is 2.34. The molecule has 1 aromatic carbocycles. The smallest absolute Gasteiger partial charge is 0.312 e. The molecule has 9 nitrogen and oxygen atoms in total. The number of aryl methyl sites for hydroxylation is 1. The van der Waals surface area contributed by atoms with E-state index in [-0.39, 0.29) is 18.1 Å². The van der Waals surface area contributed by atoms with Gasteiger partial charge >= 0.3 is 5.69 Å². The van der Waals surface area contributed by atoms with Gasteiger partial charge in [0.15, 0.2) is 11.5 Å². The van der Waals surface area contributed by atoms with Crippen molar-refractivity contribution in [1.29, 1.82) is 0 Å². The van der Waals surface area contributed by atoms with Crippen molar-refractivity contribution < 1.29 is 19.2 Å². The monoisotopic (exact) mass is 402 g/mol. The molecule has 0 N–H and O–H groups in total. The summed E-state index contributed by atoms with van der Waals surface area (Å²) in [7, 11) is 0. The molecule has 0 aliphatic carbocycles. The zero-order valence-corrected chi connectivity index (χ0v) is 17.2. The van der Waals surface area contributed by atoms with Gasteiger partial charge in [-0.1, -0.05) is 0 Å². The number of ether oxygens (including phenoxy) is 2. The molecule has 2 aromatic rings. The minimum atomic E-state index is -0.457. The topological polar surface area (TPSA) is 99.7 Å². The lowest BCUT2D eigenvalue weighted by Crippen LogP contribution is -2.38. The maximum atomic E-state index is 12.8. The van der Waals surface area contributed by atoms with Gasteiger partial charge in [-0.3, -0.25) is 19.6 Å². The van der Waals surface area contributed by atoms with Gasteiger partial charge in [-0.2, -0.15) is 5.10 Å². The van der Waals surface area contributed by atoms with Crippen molar-refractivity contribution in [3.8, 4) is 11.5 Å². The van der Waals surface area contributed by atoms with Gasteiger partial charge in [-0.05, 0) is 57.4 Å². The Morgan fingerprint density at radius 1 is 1.17 bits per heavy atom. The molecular weight excluding hydrogens is 376 g/mol. The maximum Gasteiger partial charge on any atom is 0.312 e. The Balaban J connectivity index is 1.78. The second-order valence-electron chi connectivity index (χ2n) is 6.93. The molecule has 0 radical (unpaired) electrons. The number of hydrogen-bond acceptors (Lipinski definition) is 6. The summed E-state index contributed by atoms with van der Waals surface area (Å²) in [5, 5.41) is 15.3. The number of hydrogen-bond donors (Lipinski definition) is 0. The van der Waals surface area contributed by atoms with E-state index in [1.54, 1.807) is 18.7 Å². The predicted octanol–water partition coefficient (Wildman–Crippen LogP) is 2.79. The van der Waals surface area contributed by atoms with Crippen molar-refractivity contribution in [2.24, 2.45) is 0 Å². The molecule has 0 unspecified atom stereocenters. The van der Waals surface area contributed by atoms with Gasteiger partial charge in [0.2, 0.25) is 5.91 Å². The van der Waals surface area contributed by atoms with Crippen molar-refractivity contribution >= 4 is 11.6 Å². The Bertz CT molecular complexity index is 937. The fraction of sp³-hybridized carbons (Fsp3) is 0.500. The van der Waals surface area contributed by atoms with Crippen molar-refractivity contribution in [2.45, 2.75) is 47.2 Å². The van der Waals surface area contributed by atoms with Gasteiger partial charge in [0.1, 0.15) is 17.9 Å². The van der Waals surface area contributed by atoms with Crippen LogP contribution in [0.3, 0.4) is 0 Å². The summed E-state index contributed by atoms with van der Waals surface area (Å²) < 4.78 is 12.8. The van der Waals surface area contributed by atoms with Crippen LogP contribution in [0.5, 0.6) is 11.5 Å². The van der Waals surface area contributed by atoms with Crippen LogP contribution in [0.25, 0.3) is 0 Å². The zero-order chi connectivity index (χ0) is 21.1. The summed E-state index contributed by atoms with van der Waals surface area (Å²) in [6.45, 7) is 9.13. The first kappa shape index (κ1) is 20.6. The van der Waals surface area contributed by atoms with Crippen LogP contribution < -0.4 is 9.47 Å². The Labute approximate surface area is 169 Å². The largest absolute Gasteiger partial charge is 0.490 e. The summed E-state index contributed by atoms with van der Waals surface area (Å²) in [4.78, 5) is 25.3. The number of fused-ring (bicyclic) bond motifs is 1. The average Bonchev–Trinajstić information content (AvgIpc) is 2.95. The van der Waals surface area contributed by atoms with Crippen LogP contribution in [0.4, 0.5) is 5.69 Å². The fourth-order valence-corrected chi connectivity index (χ4v) is 3.65. The first-order chi connectivity index (χ1) is 13.8. The highest BCUT2D eigenvalue weighted by Gasteiger charge is 2.26. The number of benzene rings is 1. The summed E-state index contributed by atoms with van der Waals surface area (Å²) in [5.74, 6) is 1.28. The molecular formula is C20H26N4O5. The summed E-state index contributed by atoms with van der Waals surface area (Å²) in [6, 6.07) is 3.94. The predicted molar refractivity (Wildman–Crippen MR) is 106 cm³/mol. The molecule has 2 heterocycles. The molecule has 1 aliphatic rings. The number of nitro groups is 1. The average molecular weight is 402 g/mol. The first-order valence-electron chi connectivity index (χ1n) is 9.73. The van der Waals surface area contributed by atoms with Gasteiger partial charge in [-0.15, -0.1) is 0 Å². The molecule has 1 aliphatic heterocycles. The van der Waals surface area contributed by atoms with Crippen LogP contribution in [-0.2, 0) is 24.3 Å². The van der Waals surface area contributed by atoms with E-state index in [4.69, 9.17) is 9.47 Å². The van der Waals surface area contributed by atoms with Crippen LogP contribution in [-0.4, -0.2) is 45.3 Å². The molecule has 3 rings (SSSR count). The Morgan fingerprint density at radius 2 is 1.79 bits per heavy atom. The third kappa shape index (κ3) is 4.18. The number of nitrogens with zero attached hydrogens (tertiary/aromatic N) is 4. The van der Waals surface area contributed by atoms with E-state index in [0.717, 1.165) is 16.9 Å². The van der Waals surface area contributed by atoms with E-state index in [0.29, 0.717) is 49.9 Å². The van der Waals surface area contributed by atoms with Crippen molar-refractivity contribution in [2.75, 3.05) is 19.8 Å². The lowest BCUT2D eigenvalue weighted by atomic mass is 9.98. The van der Waals surface area contributed by atoms with Crippen LogP contribution >= 0.6 is 0 Å². The lowest BCUT2D eigenvalue weighted by molar-refractivity contribution is -0.386. The number of aromatic nitrogens is 2. The second kappa shape index (κ2) is 8.50. The molecule has 156 valence electrons. The number of carbonyl (C=O) groups excluding carboxylic acids is 1. The molecule has 0 bridgehead atoms.